The number of nitrogens with zero attached hydrogens (tertiary/aromatic N) is 1. The van der Waals surface area contributed by atoms with Gasteiger partial charge in [-0.2, -0.15) is 5.26 Å². The molecule has 0 spiro atoms. The van der Waals surface area contributed by atoms with E-state index in [4.69, 9.17) is 16.3 Å². The van der Waals surface area contributed by atoms with Crippen LogP contribution < -0.4 is 15.4 Å². The first-order valence-corrected chi connectivity index (χ1v) is 10.5. The lowest BCUT2D eigenvalue weighted by molar-refractivity contribution is -0.118. The van der Waals surface area contributed by atoms with E-state index in [2.05, 4.69) is 10.6 Å². The summed E-state index contributed by atoms with van der Waals surface area (Å²) in [6.07, 6.45) is 1.47. The highest BCUT2D eigenvalue weighted by Crippen LogP contribution is 2.21. The molecule has 0 bridgehead atoms. The van der Waals surface area contributed by atoms with Crippen LogP contribution in [0.5, 0.6) is 5.75 Å². The number of carbonyl (C=O) groups excluding carboxylic acids is 2. The van der Waals surface area contributed by atoms with Crippen LogP contribution in [0, 0.1) is 25.2 Å². The summed E-state index contributed by atoms with van der Waals surface area (Å²) in [4.78, 5) is 24.7. The number of carbonyl (C=O) groups is 2. The Morgan fingerprint density at radius 1 is 1.00 bits per heavy atom. The maximum absolute atomic E-state index is 12.5. The molecule has 2 amide bonds. The van der Waals surface area contributed by atoms with Crippen LogP contribution in [-0.4, -0.2) is 18.4 Å². The van der Waals surface area contributed by atoms with E-state index in [0.29, 0.717) is 27.7 Å². The molecule has 0 saturated carbocycles. The van der Waals surface area contributed by atoms with Gasteiger partial charge in [-0.25, -0.2) is 0 Å². The lowest BCUT2D eigenvalue weighted by Crippen LogP contribution is -2.20. The average Bonchev–Trinajstić information content (AvgIpc) is 2.80. The van der Waals surface area contributed by atoms with Gasteiger partial charge in [-0.3, -0.25) is 9.59 Å². The third-order valence-corrected chi connectivity index (χ3v) is 5.16. The highest BCUT2D eigenvalue weighted by Gasteiger charge is 2.11. The molecule has 0 aliphatic carbocycles. The number of hydrogen-bond donors (Lipinski definition) is 2. The zero-order valence-electron chi connectivity index (χ0n) is 18.2. The number of amides is 2. The molecule has 3 rings (SSSR count). The first kappa shape index (κ1) is 23.6. The van der Waals surface area contributed by atoms with Gasteiger partial charge in [0.15, 0.2) is 6.61 Å². The van der Waals surface area contributed by atoms with Crippen molar-refractivity contribution in [3.05, 3.63) is 94.0 Å². The predicted octanol–water partition coefficient (Wildman–Crippen LogP) is 5.52. The predicted molar refractivity (Wildman–Crippen MR) is 130 cm³/mol. The third-order valence-electron chi connectivity index (χ3n) is 4.75. The first-order chi connectivity index (χ1) is 15.9. The molecule has 0 atom stereocenters. The van der Waals surface area contributed by atoms with Gasteiger partial charge >= 0.3 is 0 Å². The van der Waals surface area contributed by atoms with Gasteiger partial charge in [0.05, 0.1) is 0 Å². The molecular weight excluding hydrogens is 438 g/mol. The van der Waals surface area contributed by atoms with Crippen LogP contribution >= 0.6 is 11.6 Å². The number of nitriles is 1. The van der Waals surface area contributed by atoms with Gasteiger partial charge in [-0.15, -0.1) is 0 Å². The van der Waals surface area contributed by atoms with Crippen molar-refractivity contribution in [3.63, 3.8) is 0 Å². The smallest absolute Gasteiger partial charge is 0.266 e. The molecule has 33 heavy (non-hydrogen) atoms. The number of hydrogen-bond acceptors (Lipinski definition) is 4. The van der Waals surface area contributed by atoms with E-state index < -0.39 is 5.91 Å². The number of ether oxygens (including phenoxy) is 1. The molecule has 2 N–H and O–H groups in total. The van der Waals surface area contributed by atoms with E-state index in [1.807, 2.05) is 44.2 Å². The summed E-state index contributed by atoms with van der Waals surface area (Å²) in [7, 11) is 0. The minimum Gasteiger partial charge on any atom is -0.484 e. The van der Waals surface area contributed by atoms with Crippen molar-refractivity contribution in [2.45, 2.75) is 13.8 Å². The molecule has 0 heterocycles. The number of aryl methyl sites for hydroxylation is 2. The van der Waals surface area contributed by atoms with Crippen molar-refractivity contribution >= 4 is 40.9 Å². The van der Waals surface area contributed by atoms with Crippen LogP contribution in [0.1, 0.15) is 16.7 Å². The maximum atomic E-state index is 12.5. The molecule has 0 radical (unpaired) electrons. The number of anilines is 2. The van der Waals surface area contributed by atoms with Gasteiger partial charge in [-0.1, -0.05) is 48.0 Å². The number of rotatable bonds is 7. The first-order valence-electron chi connectivity index (χ1n) is 10.1. The molecule has 0 saturated heterocycles. The summed E-state index contributed by atoms with van der Waals surface area (Å²) < 4.78 is 5.56. The van der Waals surface area contributed by atoms with Crippen molar-refractivity contribution in [2.75, 3.05) is 17.2 Å². The number of nitrogens with one attached hydrogen (secondary N) is 2. The Morgan fingerprint density at radius 3 is 2.52 bits per heavy atom. The monoisotopic (exact) mass is 459 g/mol. The van der Waals surface area contributed by atoms with E-state index in [-0.39, 0.29) is 18.1 Å². The highest BCUT2D eigenvalue weighted by molar-refractivity contribution is 6.31. The summed E-state index contributed by atoms with van der Waals surface area (Å²) in [5.41, 5.74) is 3.57. The van der Waals surface area contributed by atoms with E-state index in [9.17, 15) is 14.9 Å². The number of benzene rings is 3. The molecule has 3 aromatic rings. The lowest BCUT2D eigenvalue weighted by Gasteiger charge is -2.09. The molecule has 0 fully saturated rings. The Hall–Kier alpha value is -4.08. The van der Waals surface area contributed by atoms with Gasteiger partial charge in [-0.05, 0) is 66.9 Å². The van der Waals surface area contributed by atoms with Crippen molar-refractivity contribution in [3.8, 4) is 11.8 Å². The molecule has 0 unspecified atom stereocenters. The Morgan fingerprint density at radius 2 is 1.79 bits per heavy atom. The molecule has 166 valence electrons. The Balaban J connectivity index is 1.64. The van der Waals surface area contributed by atoms with E-state index in [0.717, 1.165) is 11.1 Å². The van der Waals surface area contributed by atoms with E-state index in [1.54, 1.807) is 42.5 Å². The molecular formula is C26H22ClN3O3. The van der Waals surface area contributed by atoms with E-state index in [1.165, 1.54) is 6.08 Å². The van der Waals surface area contributed by atoms with Crippen molar-refractivity contribution in [1.29, 1.82) is 5.26 Å². The summed E-state index contributed by atoms with van der Waals surface area (Å²) in [6.45, 7) is 3.54. The second-order valence-electron chi connectivity index (χ2n) is 7.31. The standard InChI is InChI=1S/C26H22ClN3O3/c1-17-10-11-21(14-23(17)27)29-25(31)16-33-22-8-5-7-19(13-22)12-20(15-28)26(32)30-24-9-4-3-6-18(24)2/h3-14H,16H2,1-2H3,(H,29,31)(H,30,32)/b20-12-. The second-order valence-corrected chi connectivity index (χ2v) is 7.72. The average molecular weight is 460 g/mol. The van der Waals surface area contributed by atoms with Crippen LogP contribution in [0.3, 0.4) is 0 Å². The van der Waals surface area contributed by atoms with Gasteiger partial charge in [0.2, 0.25) is 0 Å². The Labute approximate surface area is 197 Å². The quantitative estimate of drug-likeness (QED) is 0.359. The van der Waals surface area contributed by atoms with Gasteiger partial charge in [0.25, 0.3) is 11.8 Å². The zero-order valence-corrected chi connectivity index (χ0v) is 18.9. The lowest BCUT2D eigenvalue weighted by atomic mass is 10.1. The van der Waals surface area contributed by atoms with Gasteiger partial charge in [0, 0.05) is 16.4 Å². The Kier molecular flexibility index (Phi) is 7.85. The summed E-state index contributed by atoms with van der Waals surface area (Å²) >= 11 is 6.08. The minimum absolute atomic E-state index is 0.0515. The van der Waals surface area contributed by atoms with Crippen LogP contribution in [0.25, 0.3) is 6.08 Å². The highest BCUT2D eigenvalue weighted by atomic mass is 35.5. The molecule has 0 aliphatic heterocycles. The summed E-state index contributed by atoms with van der Waals surface area (Å²) in [6, 6.07) is 21.3. The molecule has 0 aliphatic rings. The maximum Gasteiger partial charge on any atom is 0.266 e. The fraction of sp³-hybridized carbons (Fsp3) is 0.115. The molecule has 6 nitrogen and oxygen atoms in total. The van der Waals surface area contributed by atoms with Crippen molar-refractivity contribution < 1.29 is 14.3 Å². The molecule has 7 heteroatoms. The SMILES string of the molecule is Cc1ccc(NC(=O)COc2cccc(/C=C(/C#N)C(=O)Nc3ccccc3C)c2)cc1Cl. The van der Waals surface area contributed by atoms with E-state index >= 15 is 0 Å². The fourth-order valence-corrected chi connectivity index (χ4v) is 3.11. The minimum atomic E-state index is -0.505. The number of para-hydroxylation sites is 1. The fourth-order valence-electron chi connectivity index (χ4n) is 2.93. The summed E-state index contributed by atoms with van der Waals surface area (Å²) in [5, 5.41) is 15.5. The second kappa shape index (κ2) is 11.0. The van der Waals surface area contributed by atoms with Gasteiger partial charge in [0.1, 0.15) is 17.4 Å². The van der Waals surface area contributed by atoms with Gasteiger partial charge < -0.3 is 15.4 Å². The number of halogens is 1. The normalized spacial score (nSPS) is 10.8. The topological polar surface area (TPSA) is 91.2 Å². The van der Waals surface area contributed by atoms with Crippen LogP contribution in [0.2, 0.25) is 5.02 Å². The third kappa shape index (κ3) is 6.70. The largest absolute Gasteiger partial charge is 0.484 e. The van der Waals surface area contributed by atoms with Crippen LogP contribution in [0.15, 0.2) is 72.3 Å². The Bertz CT molecular complexity index is 1260. The zero-order chi connectivity index (χ0) is 23.8. The molecule has 0 aromatic heterocycles. The van der Waals surface area contributed by atoms with Crippen molar-refractivity contribution in [2.24, 2.45) is 0 Å². The summed E-state index contributed by atoms with van der Waals surface area (Å²) in [5.74, 6) is -0.419. The van der Waals surface area contributed by atoms with Crippen molar-refractivity contribution in [1.82, 2.24) is 0 Å². The molecule has 3 aromatic carbocycles. The van der Waals surface area contributed by atoms with Crippen LogP contribution in [0.4, 0.5) is 11.4 Å². The van der Waals surface area contributed by atoms with Crippen LogP contribution in [-0.2, 0) is 9.59 Å².